The van der Waals surface area contributed by atoms with Gasteiger partial charge in [0.05, 0.1) is 0 Å². The van der Waals surface area contributed by atoms with Crippen molar-refractivity contribution in [2.75, 3.05) is 13.1 Å². The molecule has 1 saturated heterocycles. The zero-order chi connectivity index (χ0) is 13.9. The zero-order valence-electron chi connectivity index (χ0n) is 12.9. The van der Waals surface area contributed by atoms with Gasteiger partial charge in [-0.3, -0.25) is 4.79 Å². The quantitative estimate of drug-likeness (QED) is 0.857. The minimum atomic E-state index is 0.414. The molecule has 20 heavy (non-hydrogen) atoms. The van der Waals surface area contributed by atoms with Crippen molar-refractivity contribution in [1.82, 2.24) is 10.2 Å². The first-order valence-corrected chi connectivity index (χ1v) is 8.74. The van der Waals surface area contributed by atoms with Crippen LogP contribution in [-0.2, 0) is 4.79 Å². The Kier molecular flexibility index (Phi) is 4.65. The molecule has 1 N–H and O–H groups in total. The number of rotatable bonds is 4. The molecule has 0 aromatic carbocycles. The smallest absolute Gasteiger partial charge is 0.222 e. The minimum Gasteiger partial charge on any atom is -0.343 e. The molecule has 1 heterocycles. The van der Waals surface area contributed by atoms with Gasteiger partial charge in [-0.15, -0.1) is 0 Å². The van der Waals surface area contributed by atoms with Crippen LogP contribution in [0.25, 0.3) is 0 Å². The summed E-state index contributed by atoms with van der Waals surface area (Å²) in [5, 5.41) is 3.85. The molecule has 0 aromatic heterocycles. The lowest BCUT2D eigenvalue weighted by Gasteiger charge is -2.36. The van der Waals surface area contributed by atoms with Crippen molar-refractivity contribution in [2.24, 2.45) is 11.8 Å². The van der Waals surface area contributed by atoms with Crippen LogP contribution in [0.15, 0.2) is 0 Å². The molecule has 3 rings (SSSR count). The molecule has 0 unspecified atom stereocenters. The van der Waals surface area contributed by atoms with Crippen LogP contribution in [-0.4, -0.2) is 36.0 Å². The van der Waals surface area contributed by atoms with E-state index in [9.17, 15) is 4.79 Å². The number of piperidine rings is 1. The number of hydrogen-bond acceptors (Lipinski definition) is 2. The maximum Gasteiger partial charge on any atom is 0.222 e. The molecule has 0 spiro atoms. The van der Waals surface area contributed by atoms with Gasteiger partial charge in [0.1, 0.15) is 0 Å². The maximum atomic E-state index is 12.1. The van der Waals surface area contributed by atoms with E-state index in [4.69, 9.17) is 0 Å². The molecule has 3 heteroatoms. The monoisotopic (exact) mass is 278 g/mol. The fourth-order valence-electron chi connectivity index (χ4n) is 3.75. The van der Waals surface area contributed by atoms with Crippen molar-refractivity contribution in [3.8, 4) is 0 Å². The molecule has 0 radical (unpaired) electrons. The van der Waals surface area contributed by atoms with E-state index in [1.807, 2.05) is 0 Å². The highest BCUT2D eigenvalue weighted by molar-refractivity contribution is 5.76. The standard InChI is InChI=1S/C17H30N2O/c1-13-2-6-15(7-3-13)18-16-8-10-19(11-9-16)17(20)12-14-4-5-14/h13-16,18H,2-12H2,1H3. The lowest BCUT2D eigenvalue weighted by Crippen LogP contribution is -2.48. The minimum absolute atomic E-state index is 0.414. The Hall–Kier alpha value is -0.570. The SMILES string of the molecule is CC1CCC(NC2CCN(C(=O)CC3CC3)CC2)CC1. The normalized spacial score (nSPS) is 32.4. The molecule has 0 aromatic rings. The van der Waals surface area contributed by atoms with E-state index in [0.717, 1.165) is 50.2 Å². The second-order valence-electron chi connectivity index (χ2n) is 7.43. The summed E-state index contributed by atoms with van der Waals surface area (Å²) in [5.41, 5.74) is 0. The van der Waals surface area contributed by atoms with Gasteiger partial charge < -0.3 is 10.2 Å². The topological polar surface area (TPSA) is 32.3 Å². The van der Waals surface area contributed by atoms with E-state index >= 15 is 0 Å². The lowest BCUT2D eigenvalue weighted by atomic mass is 9.86. The van der Waals surface area contributed by atoms with E-state index in [-0.39, 0.29) is 0 Å². The largest absolute Gasteiger partial charge is 0.343 e. The van der Waals surface area contributed by atoms with E-state index in [1.54, 1.807) is 0 Å². The Labute approximate surface area is 123 Å². The number of likely N-dealkylation sites (tertiary alicyclic amines) is 1. The van der Waals surface area contributed by atoms with Gasteiger partial charge in [0.15, 0.2) is 0 Å². The second kappa shape index (κ2) is 6.46. The number of carbonyl (C=O) groups excluding carboxylic acids is 1. The number of nitrogens with one attached hydrogen (secondary N) is 1. The molecule has 3 fully saturated rings. The van der Waals surface area contributed by atoms with Gasteiger partial charge in [-0.25, -0.2) is 0 Å². The Bertz CT molecular complexity index is 324. The van der Waals surface area contributed by atoms with E-state index in [0.29, 0.717) is 11.9 Å². The summed E-state index contributed by atoms with van der Waals surface area (Å²) in [6.45, 7) is 4.33. The molecule has 0 atom stereocenters. The summed E-state index contributed by atoms with van der Waals surface area (Å²) in [6.07, 6.45) is 11.2. The highest BCUT2D eigenvalue weighted by Crippen LogP contribution is 2.33. The van der Waals surface area contributed by atoms with E-state index < -0.39 is 0 Å². The molecule has 3 nitrogen and oxygen atoms in total. The number of nitrogens with zero attached hydrogens (tertiary/aromatic N) is 1. The average molecular weight is 278 g/mol. The molecule has 2 aliphatic carbocycles. The molecule has 0 bridgehead atoms. The Morgan fingerprint density at radius 3 is 2.15 bits per heavy atom. The zero-order valence-corrected chi connectivity index (χ0v) is 12.9. The number of hydrogen-bond donors (Lipinski definition) is 1. The average Bonchev–Trinajstić information content (AvgIpc) is 3.26. The first-order valence-electron chi connectivity index (χ1n) is 8.74. The Morgan fingerprint density at radius 1 is 0.950 bits per heavy atom. The molecule has 3 aliphatic rings. The lowest BCUT2D eigenvalue weighted by molar-refractivity contribution is -0.132. The summed E-state index contributed by atoms with van der Waals surface area (Å²) >= 11 is 0. The first-order chi connectivity index (χ1) is 9.70. The number of amides is 1. The van der Waals surface area contributed by atoms with Gasteiger partial charge in [-0.05, 0) is 63.2 Å². The number of carbonyl (C=O) groups is 1. The third kappa shape index (κ3) is 3.97. The van der Waals surface area contributed by atoms with Crippen molar-refractivity contribution >= 4 is 5.91 Å². The summed E-state index contributed by atoms with van der Waals surface area (Å²) in [6, 6.07) is 1.39. The van der Waals surface area contributed by atoms with Crippen LogP contribution in [0.2, 0.25) is 0 Å². The van der Waals surface area contributed by atoms with Crippen LogP contribution < -0.4 is 5.32 Å². The van der Waals surface area contributed by atoms with Crippen molar-refractivity contribution < 1.29 is 4.79 Å². The van der Waals surface area contributed by atoms with Crippen LogP contribution in [0.1, 0.15) is 64.7 Å². The highest BCUT2D eigenvalue weighted by atomic mass is 16.2. The Morgan fingerprint density at radius 2 is 1.55 bits per heavy atom. The van der Waals surface area contributed by atoms with Gasteiger partial charge in [-0.1, -0.05) is 6.92 Å². The van der Waals surface area contributed by atoms with Crippen molar-refractivity contribution in [3.63, 3.8) is 0 Å². The summed E-state index contributed by atoms with van der Waals surface area (Å²) in [4.78, 5) is 14.2. The van der Waals surface area contributed by atoms with Gasteiger partial charge in [0, 0.05) is 31.6 Å². The molecule has 2 saturated carbocycles. The molecular weight excluding hydrogens is 248 g/mol. The third-order valence-corrected chi connectivity index (χ3v) is 5.50. The summed E-state index contributed by atoms with van der Waals surface area (Å²) in [7, 11) is 0. The summed E-state index contributed by atoms with van der Waals surface area (Å²) in [5.74, 6) is 2.06. The van der Waals surface area contributed by atoms with Gasteiger partial charge in [0.25, 0.3) is 0 Å². The Balaban J connectivity index is 1.36. The van der Waals surface area contributed by atoms with Crippen LogP contribution in [0.5, 0.6) is 0 Å². The van der Waals surface area contributed by atoms with Gasteiger partial charge in [0.2, 0.25) is 5.91 Å². The van der Waals surface area contributed by atoms with Crippen LogP contribution in [0, 0.1) is 11.8 Å². The third-order valence-electron chi connectivity index (χ3n) is 5.50. The van der Waals surface area contributed by atoms with Crippen molar-refractivity contribution in [1.29, 1.82) is 0 Å². The molecular formula is C17H30N2O. The maximum absolute atomic E-state index is 12.1. The van der Waals surface area contributed by atoms with Gasteiger partial charge >= 0.3 is 0 Å². The fraction of sp³-hybridized carbons (Fsp3) is 0.941. The van der Waals surface area contributed by atoms with E-state index in [2.05, 4.69) is 17.1 Å². The van der Waals surface area contributed by atoms with Crippen molar-refractivity contribution in [3.05, 3.63) is 0 Å². The van der Waals surface area contributed by atoms with E-state index in [1.165, 1.54) is 38.5 Å². The second-order valence-corrected chi connectivity index (χ2v) is 7.43. The van der Waals surface area contributed by atoms with Crippen LogP contribution in [0.3, 0.4) is 0 Å². The highest BCUT2D eigenvalue weighted by Gasteiger charge is 2.30. The summed E-state index contributed by atoms with van der Waals surface area (Å²) < 4.78 is 0. The van der Waals surface area contributed by atoms with Crippen molar-refractivity contribution in [2.45, 2.75) is 76.8 Å². The molecule has 1 aliphatic heterocycles. The predicted molar refractivity (Wildman–Crippen MR) is 81.5 cm³/mol. The molecule has 114 valence electrons. The van der Waals surface area contributed by atoms with Gasteiger partial charge in [-0.2, -0.15) is 0 Å². The fourth-order valence-corrected chi connectivity index (χ4v) is 3.75. The molecule has 1 amide bonds. The van der Waals surface area contributed by atoms with Crippen LogP contribution >= 0.6 is 0 Å². The first kappa shape index (κ1) is 14.4. The predicted octanol–water partition coefficient (Wildman–Crippen LogP) is 2.95. The van der Waals surface area contributed by atoms with Crippen LogP contribution in [0.4, 0.5) is 0 Å².